The molecule has 1 rings (SSSR count). The quantitative estimate of drug-likeness (QED) is 0.831. The number of nitrogens with one attached hydrogen (secondary N) is 1. The van der Waals surface area contributed by atoms with E-state index >= 15 is 0 Å². The summed E-state index contributed by atoms with van der Waals surface area (Å²) in [6.07, 6.45) is 1.02. The van der Waals surface area contributed by atoms with Gasteiger partial charge in [0.1, 0.15) is 0 Å². The Labute approximate surface area is 131 Å². The predicted molar refractivity (Wildman–Crippen MR) is 84.0 cm³/mol. The number of hydrogen-bond acceptors (Lipinski definition) is 3. The first-order valence-corrected chi connectivity index (χ1v) is 8.66. The molecule has 0 saturated heterocycles. The van der Waals surface area contributed by atoms with Gasteiger partial charge in [-0.3, -0.25) is 0 Å². The first kappa shape index (κ1) is 17.7. The summed E-state index contributed by atoms with van der Waals surface area (Å²) in [7, 11) is -1.57. The highest BCUT2D eigenvalue weighted by molar-refractivity contribution is 7.89. The van der Waals surface area contributed by atoms with Crippen molar-refractivity contribution in [3.05, 3.63) is 28.2 Å². The average molecular weight is 339 g/mol. The van der Waals surface area contributed by atoms with Crippen molar-refractivity contribution in [1.29, 1.82) is 0 Å². The Morgan fingerprint density at radius 1 is 1.30 bits per heavy atom. The van der Waals surface area contributed by atoms with Crippen molar-refractivity contribution in [2.24, 2.45) is 0 Å². The van der Waals surface area contributed by atoms with Crippen LogP contribution in [0.15, 0.2) is 23.1 Å². The third kappa shape index (κ3) is 4.90. The van der Waals surface area contributed by atoms with Crippen molar-refractivity contribution in [2.75, 3.05) is 20.1 Å². The van der Waals surface area contributed by atoms with Crippen LogP contribution in [-0.4, -0.2) is 39.5 Å². The van der Waals surface area contributed by atoms with Gasteiger partial charge in [0.15, 0.2) is 0 Å². The van der Waals surface area contributed by atoms with Gasteiger partial charge < -0.3 is 4.90 Å². The molecule has 1 aromatic carbocycles. The van der Waals surface area contributed by atoms with Gasteiger partial charge in [-0.15, -0.1) is 0 Å². The summed E-state index contributed by atoms with van der Waals surface area (Å²) >= 11 is 11.6. The molecule has 1 N–H and O–H groups in total. The molecule has 114 valence electrons. The van der Waals surface area contributed by atoms with Crippen molar-refractivity contribution in [2.45, 2.75) is 31.2 Å². The van der Waals surface area contributed by atoms with Crippen LogP contribution in [0.5, 0.6) is 0 Å². The van der Waals surface area contributed by atoms with Crippen LogP contribution in [0.2, 0.25) is 10.0 Å². The normalized spacial score (nSPS) is 13.7. The number of halogens is 2. The van der Waals surface area contributed by atoms with Gasteiger partial charge in [-0.25, -0.2) is 13.1 Å². The Hall–Kier alpha value is -0.330. The van der Waals surface area contributed by atoms with Gasteiger partial charge in [0.2, 0.25) is 10.0 Å². The molecule has 0 aliphatic heterocycles. The largest absolute Gasteiger partial charge is 0.302 e. The van der Waals surface area contributed by atoms with E-state index in [1.807, 2.05) is 7.05 Å². The van der Waals surface area contributed by atoms with E-state index < -0.39 is 10.0 Å². The van der Waals surface area contributed by atoms with Crippen molar-refractivity contribution in [1.82, 2.24) is 9.62 Å². The minimum atomic E-state index is -3.55. The zero-order chi connectivity index (χ0) is 15.3. The maximum atomic E-state index is 12.1. The lowest BCUT2D eigenvalue weighted by atomic mass is 10.2. The van der Waals surface area contributed by atoms with E-state index in [1.165, 1.54) is 18.2 Å². The van der Waals surface area contributed by atoms with Crippen LogP contribution in [0.3, 0.4) is 0 Å². The highest BCUT2D eigenvalue weighted by Crippen LogP contribution is 2.24. The van der Waals surface area contributed by atoms with Gasteiger partial charge in [0.05, 0.1) is 14.9 Å². The molecule has 0 bridgehead atoms. The number of hydrogen-bond donors (Lipinski definition) is 1. The van der Waals surface area contributed by atoms with Crippen LogP contribution in [0.25, 0.3) is 0 Å². The molecule has 0 radical (unpaired) electrons. The zero-order valence-corrected chi connectivity index (χ0v) is 14.2. The molecule has 1 atom stereocenters. The fourth-order valence-corrected chi connectivity index (χ4v) is 3.03. The van der Waals surface area contributed by atoms with E-state index in [1.54, 1.807) is 0 Å². The average Bonchev–Trinajstić information content (AvgIpc) is 2.40. The molecular weight excluding hydrogens is 319 g/mol. The monoisotopic (exact) mass is 338 g/mol. The maximum absolute atomic E-state index is 12.1. The highest BCUT2D eigenvalue weighted by Gasteiger charge is 2.15. The van der Waals surface area contributed by atoms with E-state index in [4.69, 9.17) is 23.2 Å². The SMILES string of the molecule is CCC(C)N(C)CCNS(=O)(=O)c1ccc(Cl)c(Cl)c1. The Bertz CT molecular complexity index is 549. The topological polar surface area (TPSA) is 49.4 Å². The van der Waals surface area contributed by atoms with Crippen LogP contribution in [0, 0.1) is 0 Å². The molecule has 0 fully saturated rings. The molecule has 0 saturated carbocycles. The Morgan fingerprint density at radius 3 is 2.50 bits per heavy atom. The lowest BCUT2D eigenvalue weighted by molar-refractivity contribution is 0.256. The first-order valence-electron chi connectivity index (χ1n) is 6.43. The number of likely N-dealkylation sites (N-methyl/N-ethyl adjacent to an activating group) is 1. The third-order valence-electron chi connectivity index (χ3n) is 3.30. The van der Waals surface area contributed by atoms with Crippen LogP contribution in [0.4, 0.5) is 0 Å². The summed E-state index contributed by atoms with van der Waals surface area (Å²) in [5.74, 6) is 0. The molecular formula is C13H20Cl2N2O2S. The van der Waals surface area contributed by atoms with Gasteiger partial charge in [0.25, 0.3) is 0 Å². The summed E-state index contributed by atoms with van der Waals surface area (Å²) in [5.41, 5.74) is 0. The molecule has 0 aromatic heterocycles. The summed E-state index contributed by atoms with van der Waals surface area (Å²) in [4.78, 5) is 2.23. The molecule has 20 heavy (non-hydrogen) atoms. The molecule has 0 heterocycles. The van der Waals surface area contributed by atoms with Gasteiger partial charge in [-0.1, -0.05) is 30.1 Å². The molecule has 0 spiro atoms. The van der Waals surface area contributed by atoms with Gasteiger partial charge in [-0.2, -0.15) is 0 Å². The minimum Gasteiger partial charge on any atom is -0.302 e. The molecule has 0 aliphatic rings. The number of benzene rings is 1. The van der Waals surface area contributed by atoms with Gasteiger partial charge >= 0.3 is 0 Å². The fraction of sp³-hybridized carbons (Fsp3) is 0.538. The Morgan fingerprint density at radius 2 is 1.95 bits per heavy atom. The van der Waals surface area contributed by atoms with E-state index in [0.717, 1.165) is 6.42 Å². The second-order valence-electron chi connectivity index (χ2n) is 4.71. The molecule has 4 nitrogen and oxygen atoms in total. The van der Waals surface area contributed by atoms with E-state index in [2.05, 4.69) is 23.5 Å². The molecule has 7 heteroatoms. The molecule has 0 aliphatic carbocycles. The zero-order valence-electron chi connectivity index (χ0n) is 11.9. The van der Waals surface area contributed by atoms with Crippen molar-refractivity contribution in [3.8, 4) is 0 Å². The highest BCUT2D eigenvalue weighted by atomic mass is 35.5. The van der Waals surface area contributed by atoms with Crippen LogP contribution in [0.1, 0.15) is 20.3 Å². The third-order valence-corrected chi connectivity index (χ3v) is 5.50. The first-order chi connectivity index (χ1) is 9.27. The Kier molecular flexibility index (Phi) is 6.75. The number of sulfonamides is 1. The van der Waals surface area contributed by atoms with Crippen molar-refractivity contribution < 1.29 is 8.42 Å². The summed E-state index contributed by atoms with van der Waals surface area (Å²) in [6, 6.07) is 4.69. The van der Waals surface area contributed by atoms with Crippen molar-refractivity contribution in [3.63, 3.8) is 0 Å². The molecule has 0 amide bonds. The van der Waals surface area contributed by atoms with Crippen LogP contribution < -0.4 is 4.72 Å². The van der Waals surface area contributed by atoms with E-state index in [0.29, 0.717) is 24.2 Å². The second-order valence-corrected chi connectivity index (χ2v) is 7.29. The minimum absolute atomic E-state index is 0.123. The second kappa shape index (κ2) is 7.61. The number of rotatable bonds is 7. The predicted octanol–water partition coefficient (Wildman–Crippen LogP) is 3.00. The number of nitrogens with zero attached hydrogens (tertiary/aromatic N) is 1. The summed E-state index contributed by atoms with van der Waals surface area (Å²) in [5, 5.41) is 0.563. The summed E-state index contributed by atoms with van der Waals surface area (Å²) < 4.78 is 26.7. The fourth-order valence-electron chi connectivity index (χ4n) is 1.62. The van der Waals surface area contributed by atoms with Crippen LogP contribution >= 0.6 is 23.2 Å². The lowest BCUT2D eigenvalue weighted by Gasteiger charge is -2.23. The molecule has 1 unspecified atom stereocenters. The van der Waals surface area contributed by atoms with Crippen molar-refractivity contribution >= 4 is 33.2 Å². The van der Waals surface area contributed by atoms with Crippen LogP contribution in [-0.2, 0) is 10.0 Å². The standard InChI is InChI=1S/C13H20Cl2N2O2S/c1-4-10(2)17(3)8-7-16-20(18,19)11-5-6-12(14)13(15)9-11/h5-6,9-10,16H,4,7-8H2,1-3H3. The summed E-state index contributed by atoms with van der Waals surface area (Å²) in [6.45, 7) is 5.20. The smallest absolute Gasteiger partial charge is 0.240 e. The molecule has 1 aromatic rings. The maximum Gasteiger partial charge on any atom is 0.240 e. The Balaban J connectivity index is 2.64. The van der Waals surface area contributed by atoms with Gasteiger partial charge in [0, 0.05) is 19.1 Å². The van der Waals surface area contributed by atoms with Gasteiger partial charge in [-0.05, 0) is 38.6 Å². The van der Waals surface area contributed by atoms with E-state index in [9.17, 15) is 8.42 Å². The lowest BCUT2D eigenvalue weighted by Crippen LogP contribution is -2.37. The van der Waals surface area contributed by atoms with E-state index in [-0.39, 0.29) is 9.92 Å².